The number of aryl methyl sites for hydroxylation is 1. The van der Waals surface area contributed by atoms with Gasteiger partial charge in [-0.05, 0) is 17.7 Å². The Bertz CT molecular complexity index is 812. The monoisotopic (exact) mass is 321 g/mol. The van der Waals surface area contributed by atoms with Crippen LogP contribution >= 0.6 is 11.6 Å². The quantitative estimate of drug-likeness (QED) is 0.538. The minimum Gasteiger partial charge on any atom is -0.273 e. The smallest absolute Gasteiger partial charge is 0.273 e. The van der Waals surface area contributed by atoms with Gasteiger partial charge in [0.2, 0.25) is 5.91 Å². The molecule has 3 N–H and O–H groups in total. The molecule has 0 aliphatic heterocycles. The highest BCUT2D eigenvalue weighted by Gasteiger charge is 2.06. The van der Waals surface area contributed by atoms with Crippen molar-refractivity contribution in [3.8, 4) is 0 Å². The number of halogens is 1. The van der Waals surface area contributed by atoms with E-state index in [4.69, 9.17) is 11.6 Å². The minimum atomic E-state index is -0.690. The number of hydrazone groups is 1. The second-order valence-electron chi connectivity index (χ2n) is 4.30. The summed E-state index contributed by atoms with van der Waals surface area (Å²) in [6, 6.07) is 6.97. The van der Waals surface area contributed by atoms with Gasteiger partial charge < -0.3 is 0 Å². The number of hydrogen-bond donors (Lipinski definition) is 3. The van der Waals surface area contributed by atoms with Crippen molar-refractivity contribution in [1.82, 2.24) is 20.6 Å². The molecule has 2 aromatic rings. The van der Waals surface area contributed by atoms with Gasteiger partial charge in [-0.3, -0.25) is 14.6 Å². The predicted octanol–water partition coefficient (Wildman–Crippen LogP) is 0.195. The molecule has 8 nitrogen and oxygen atoms in total. The summed E-state index contributed by atoms with van der Waals surface area (Å²) < 4.78 is 0. The number of H-pyrrole nitrogens is 2. The van der Waals surface area contributed by atoms with Crippen LogP contribution in [-0.2, 0) is 11.2 Å². The molecule has 0 aliphatic carbocycles. The van der Waals surface area contributed by atoms with Crippen LogP contribution in [0, 0.1) is 0 Å². The van der Waals surface area contributed by atoms with Gasteiger partial charge in [0.1, 0.15) is 5.69 Å². The van der Waals surface area contributed by atoms with Gasteiger partial charge in [0.15, 0.2) is 0 Å². The maximum absolute atomic E-state index is 11.6. The summed E-state index contributed by atoms with van der Waals surface area (Å²) in [5, 5.41) is 10.0. The SMILES string of the molecule is O=C(CCc1n[nH]c(=O)[nH]c1=O)N/N=C/c1cccc(Cl)c1. The standard InChI is InChI=1S/C13H12ClN5O3/c14-9-3-1-2-8(6-9)7-15-18-11(20)5-4-10-12(21)16-13(22)19-17-10/h1-3,6-7H,4-5H2,(H,18,20)(H2,16,19,21,22)/b15-7+. The summed E-state index contributed by atoms with van der Waals surface area (Å²) in [5.41, 5.74) is 1.84. The van der Waals surface area contributed by atoms with Gasteiger partial charge in [0.05, 0.1) is 6.21 Å². The zero-order chi connectivity index (χ0) is 15.9. The lowest BCUT2D eigenvalue weighted by Gasteiger charge is -1.99. The summed E-state index contributed by atoms with van der Waals surface area (Å²) in [4.78, 5) is 35.8. The Morgan fingerprint density at radius 3 is 2.95 bits per heavy atom. The molecule has 1 aromatic carbocycles. The molecule has 1 amide bonds. The molecule has 9 heteroatoms. The highest BCUT2D eigenvalue weighted by Crippen LogP contribution is 2.08. The molecule has 0 atom stereocenters. The summed E-state index contributed by atoms with van der Waals surface area (Å²) in [7, 11) is 0. The number of rotatable bonds is 5. The van der Waals surface area contributed by atoms with Crippen molar-refractivity contribution in [2.24, 2.45) is 5.10 Å². The average Bonchev–Trinajstić information content (AvgIpc) is 2.46. The maximum atomic E-state index is 11.6. The third kappa shape index (κ3) is 4.67. The zero-order valence-electron chi connectivity index (χ0n) is 11.3. The van der Waals surface area contributed by atoms with Crippen molar-refractivity contribution >= 4 is 23.7 Å². The molecule has 22 heavy (non-hydrogen) atoms. The van der Waals surface area contributed by atoms with Crippen molar-refractivity contribution < 1.29 is 4.79 Å². The number of carbonyl (C=O) groups excluding carboxylic acids is 1. The Labute approximate surface area is 129 Å². The van der Waals surface area contributed by atoms with Crippen molar-refractivity contribution in [2.45, 2.75) is 12.8 Å². The Morgan fingerprint density at radius 1 is 1.41 bits per heavy atom. The second kappa shape index (κ2) is 7.32. The molecule has 0 saturated heterocycles. The van der Waals surface area contributed by atoms with Crippen molar-refractivity contribution in [1.29, 1.82) is 0 Å². The fourth-order valence-electron chi connectivity index (χ4n) is 1.60. The van der Waals surface area contributed by atoms with E-state index in [0.717, 1.165) is 5.56 Å². The van der Waals surface area contributed by atoms with E-state index >= 15 is 0 Å². The molecule has 0 bridgehead atoms. The lowest BCUT2D eigenvalue weighted by atomic mass is 10.2. The number of carbonyl (C=O) groups is 1. The van der Waals surface area contributed by atoms with Crippen LogP contribution in [-0.4, -0.2) is 27.3 Å². The fourth-order valence-corrected chi connectivity index (χ4v) is 1.79. The van der Waals surface area contributed by atoms with Gasteiger partial charge in [-0.15, -0.1) is 0 Å². The molecule has 0 saturated carbocycles. The molecular weight excluding hydrogens is 310 g/mol. The molecule has 0 radical (unpaired) electrons. The highest BCUT2D eigenvalue weighted by atomic mass is 35.5. The molecule has 0 spiro atoms. The Morgan fingerprint density at radius 2 is 2.23 bits per heavy atom. The van der Waals surface area contributed by atoms with E-state index in [1.165, 1.54) is 6.21 Å². The van der Waals surface area contributed by atoms with E-state index in [9.17, 15) is 14.4 Å². The predicted molar refractivity (Wildman–Crippen MR) is 81.0 cm³/mol. The lowest BCUT2D eigenvalue weighted by Crippen LogP contribution is -2.28. The minimum absolute atomic E-state index is 0.00894. The molecule has 114 valence electrons. The van der Waals surface area contributed by atoms with E-state index in [2.05, 4.69) is 20.7 Å². The molecule has 0 unspecified atom stereocenters. The van der Waals surface area contributed by atoms with Crippen molar-refractivity contribution in [3.05, 3.63) is 61.4 Å². The fraction of sp³-hybridized carbons (Fsp3) is 0.154. The number of amides is 1. The zero-order valence-corrected chi connectivity index (χ0v) is 12.1. The van der Waals surface area contributed by atoms with Crippen LogP contribution in [0.1, 0.15) is 17.7 Å². The van der Waals surface area contributed by atoms with Gasteiger partial charge in [-0.25, -0.2) is 15.3 Å². The van der Waals surface area contributed by atoms with Crippen LogP contribution in [0.15, 0.2) is 39.0 Å². The van der Waals surface area contributed by atoms with E-state index in [0.29, 0.717) is 5.02 Å². The Hall–Kier alpha value is -2.74. The summed E-state index contributed by atoms with van der Waals surface area (Å²) in [6.45, 7) is 0. The van der Waals surface area contributed by atoms with Crippen LogP contribution < -0.4 is 16.7 Å². The van der Waals surface area contributed by atoms with Crippen LogP contribution in [0.25, 0.3) is 0 Å². The largest absolute Gasteiger partial charge is 0.342 e. The van der Waals surface area contributed by atoms with Crippen LogP contribution in [0.2, 0.25) is 5.02 Å². The molecule has 1 aromatic heterocycles. The molecular formula is C13H12ClN5O3. The second-order valence-corrected chi connectivity index (χ2v) is 4.74. The van der Waals surface area contributed by atoms with Crippen LogP contribution in [0.3, 0.4) is 0 Å². The third-order valence-electron chi connectivity index (χ3n) is 2.62. The van der Waals surface area contributed by atoms with Gasteiger partial charge in [-0.2, -0.15) is 10.2 Å². The molecule has 0 aliphatic rings. The maximum Gasteiger partial charge on any atom is 0.342 e. The Balaban J connectivity index is 1.85. The van der Waals surface area contributed by atoms with Crippen LogP contribution in [0.4, 0.5) is 0 Å². The van der Waals surface area contributed by atoms with E-state index in [-0.39, 0.29) is 24.4 Å². The average molecular weight is 322 g/mol. The topological polar surface area (TPSA) is 120 Å². The van der Waals surface area contributed by atoms with Gasteiger partial charge >= 0.3 is 5.69 Å². The number of aromatic nitrogens is 3. The Kier molecular flexibility index (Phi) is 5.21. The highest BCUT2D eigenvalue weighted by molar-refractivity contribution is 6.30. The van der Waals surface area contributed by atoms with Gasteiger partial charge in [0.25, 0.3) is 5.56 Å². The van der Waals surface area contributed by atoms with Gasteiger partial charge in [0, 0.05) is 17.9 Å². The summed E-state index contributed by atoms with van der Waals surface area (Å²) in [5.74, 6) is -0.384. The first kappa shape index (κ1) is 15.6. The number of aromatic amines is 2. The van der Waals surface area contributed by atoms with Gasteiger partial charge in [-0.1, -0.05) is 23.7 Å². The molecule has 1 heterocycles. The third-order valence-corrected chi connectivity index (χ3v) is 2.86. The van der Waals surface area contributed by atoms with Crippen LogP contribution in [0.5, 0.6) is 0 Å². The first-order valence-corrected chi connectivity index (χ1v) is 6.68. The van der Waals surface area contributed by atoms with E-state index in [1.54, 1.807) is 24.3 Å². The van der Waals surface area contributed by atoms with Crippen molar-refractivity contribution in [2.75, 3.05) is 0 Å². The molecule has 0 fully saturated rings. The summed E-state index contributed by atoms with van der Waals surface area (Å²) >= 11 is 5.82. The summed E-state index contributed by atoms with van der Waals surface area (Å²) in [6.07, 6.45) is 1.55. The number of benzene rings is 1. The number of nitrogens with zero attached hydrogens (tertiary/aromatic N) is 2. The first-order valence-electron chi connectivity index (χ1n) is 6.30. The van der Waals surface area contributed by atoms with Crippen molar-refractivity contribution in [3.63, 3.8) is 0 Å². The van der Waals surface area contributed by atoms with E-state index in [1.807, 2.05) is 4.98 Å². The normalized spacial score (nSPS) is 10.8. The number of nitrogens with one attached hydrogen (secondary N) is 3. The number of hydrogen-bond acceptors (Lipinski definition) is 5. The van der Waals surface area contributed by atoms with E-state index < -0.39 is 11.2 Å². The lowest BCUT2D eigenvalue weighted by molar-refractivity contribution is -0.121. The first-order chi connectivity index (χ1) is 10.5. The molecule has 2 rings (SSSR count).